The van der Waals surface area contributed by atoms with Gasteiger partial charge in [-0.2, -0.15) is 5.10 Å². The van der Waals surface area contributed by atoms with Crippen molar-refractivity contribution in [1.82, 2.24) is 29.7 Å². The van der Waals surface area contributed by atoms with Crippen LogP contribution in [0.1, 0.15) is 18.5 Å². The highest BCUT2D eigenvalue weighted by atomic mass is 15.4. The molecule has 1 saturated heterocycles. The zero-order valence-electron chi connectivity index (χ0n) is 13.0. The molecule has 1 aliphatic heterocycles. The molecular weight excluding hydrogens is 288 g/mol. The van der Waals surface area contributed by atoms with Crippen LogP contribution in [-0.2, 0) is 13.1 Å². The Morgan fingerprint density at radius 2 is 2.04 bits per heavy atom. The van der Waals surface area contributed by atoms with Crippen LogP contribution in [0.5, 0.6) is 0 Å². The number of nitrogens with zero attached hydrogens (tertiary/aromatic N) is 6. The minimum Gasteiger partial charge on any atom is -0.293 e. The smallest absolute Gasteiger partial charge is 0.0971 e. The largest absolute Gasteiger partial charge is 0.293 e. The van der Waals surface area contributed by atoms with Gasteiger partial charge in [0.1, 0.15) is 0 Å². The third-order valence-corrected chi connectivity index (χ3v) is 4.38. The van der Waals surface area contributed by atoms with E-state index >= 15 is 0 Å². The Morgan fingerprint density at radius 3 is 2.87 bits per heavy atom. The van der Waals surface area contributed by atoms with E-state index in [9.17, 15) is 0 Å². The van der Waals surface area contributed by atoms with Gasteiger partial charge in [0.05, 0.1) is 24.1 Å². The van der Waals surface area contributed by atoms with E-state index in [0.717, 1.165) is 31.0 Å². The van der Waals surface area contributed by atoms with Gasteiger partial charge in [-0.15, -0.1) is 5.10 Å². The fourth-order valence-corrected chi connectivity index (χ4v) is 3.22. The van der Waals surface area contributed by atoms with Crippen LogP contribution in [-0.4, -0.2) is 42.3 Å². The molecule has 0 aliphatic carbocycles. The highest BCUT2D eigenvalue weighted by molar-refractivity contribution is 5.29. The predicted octanol–water partition coefficient (Wildman–Crippen LogP) is 2.13. The normalized spacial score (nSPS) is 18.5. The van der Waals surface area contributed by atoms with Gasteiger partial charge < -0.3 is 0 Å². The summed E-state index contributed by atoms with van der Waals surface area (Å²) in [6, 6.07) is 12.6. The SMILES string of the molecule is c1ccc(-n2cc(CN3CCC[C@H]3Cn3cccn3)nn2)cc1. The van der Waals surface area contributed by atoms with E-state index < -0.39 is 0 Å². The van der Waals surface area contributed by atoms with Gasteiger partial charge >= 0.3 is 0 Å². The van der Waals surface area contributed by atoms with Crippen LogP contribution in [0, 0.1) is 0 Å². The number of aromatic nitrogens is 5. The van der Waals surface area contributed by atoms with E-state index in [1.807, 2.05) is 64.4 Å². The lowest BCUT2D eigenvalue weighted by molar-refractivity contribution is 0.217. The first-order valence-corrected chi connectivity index (χ1v) is 8.06. The van der Waals surface area contributed by atoms with Crippen molar-refractivity contribution in [2.24, 2.45) is 0 Å². The molecule has 3 aromatic rings. The van der Waals surface area contributed by atoms with Gasteiger partial charge in [-0.25, -0.2) is 4.68 Å². The first kappa shape index (κ1) is 14.1. The zero-order chi connectivity index (χ0) is 15.5. The molecule has 2 aromatic heterocycles. The molecule has 0 unspecified atom stereocenters. The van der Waals surface area contributed by atoms with Crippen LogP contribution < -0.4 is 0 Å². The third kappa shape index (κ3) is 3.17. The Hall–Kier alpha value is -2.47. The van der Waals surface area contributed by atoms with Crippen LogP contribution in [0.3, 0.4) is 0 Å². The number of rotatable bonds is 5. The van der Waals surface area contributed by atoms with E-state index in [0.29, 0.717) is 6.04 Å². The minimum atomic E-state index is 0.525. The second-order valence-electron chi connectivity index (χ2n) is 5.98. The molecule has 1 aliphatic rings. The van der Waals surface area contributed by atoms with Crippen molar-refractivity contribution in [3.05, 3.63) is 60.7 Å². The lowest BCUT2D eigenvalue weighted by Crippen LogP contribution is -2.32. The lowest BCUT2D eigenvalue weighted by atomic mass is 10.2. The van der Waals surface area contributed by atoms with Crippen LogP contribution in [0.2, 0.25) is 0 Å². The molecule has 118 valence electrons. The fraction of sp³-hybridized carbons (Fsp3) is 0.353. The topological polar surface area (TPSA) is 51.8 Å². The van der Waals surface area contributed by atoms with Crippen molar-refractivity contribution in [3.8, 4) is 5.69 Å². The maximum Gasteiger partial charge on any atom is 0.0971 e. The van der Waals surface area contributed by atoms with Crippen molar-refractivity contribution >= 4 is 0 Å². The molecular formula is C17H20N6. The Morgan fingerprint density at radius 1 is 1.13 bits per heavy atom. The van der Waals surface area contributed by atoms with Crippen molar-refractivity contribution < 1.29 is 0 Å². The van der Waals surface area contributed by atoms with Gasteiger partial charge in [0.25, 0.3) is 0 Å². The van der Waals surface area contributed by atoms with Crippen LogP contribution in [0.4, 0.5) is 0 Å². The number of benzene rings is 1. The summed E-state index contributed by atoms with van der Waals surface area (Å²) in [4.78, 5) is 2.49. The molecule has 0 spiro atoms. The summed E-state index contributed by atoms with van der Waals surface area (Å²) in [5.74, 6) is 0. The number of hydrogen-bond donors (Lipinski definition) is 0. The molecule has 1 fully saturated rings. The van der Waals surface area contributed by atoms with E-state index in [4.69, 9.17) is 0 Å². The average Bonchev–Trinajstić information content (AvgIpc) is 3.33. The summed E-state index contributed by atoms with van der Waals surface area (Å²) < 4.78 is 3.86. The number of para-hydroxylation sites is 1. The molecule has 23 heavy (non-hydrogen) atoms. The Bertz CT molecular complexity index is 734. The maximum absolute atomic E-state index is 4.34. The maximum atomic E-state index is 4.34. The zero-order valence-corrected chi connectivity index (χ0v) is 13.0. The molecule has 3 heterocycles. The Labute approximate surface area is 135 Å². The Balaban J connectivity index is 1.44. The first-order chi connectivity index (χ1) is 11.4. The third-order valence-electron chi connectivity index (χ3n) is 4.38. The molecule has 0 amide bonds. The quantitative estimate of drug-likeness (QED) is 0.724. The van der Waals surface area contributed by atoms with Gasteiger partial charge in [-0.05, 0) is 37.6 Å². The summed E-state index contributed by atoms with van der Waals surface area (Å²) in [6.45, 7) is 2.91. The van der Waals surface area contributed by atoms with E-state index in [2.05, 4.69) is 20.3 Å². The molecule has 0 radical (unpaired) electrons. The van der Waals surface area contributed by atoms with Gasteiger partial charge in [0.15, 0.2) is 0 Å². The van der Waals surface area contributed by atoms with E-state index in [1.54, 1.807) is 0 Å². The van der Waals surface area contributed by atoms with Crippen molar-refractivity contribution in [2.75, 3.05) is 6.54 Å². The van der Waals surface area contributed by atoms with Gasteiger partial charge in [0, 0.05) is 25.0 Å². The van der Waals surface area contributed by atoms with E-state index in [1.165, 1.54) is 12.8 Å². The molecule has 1 atom stereocenters. The van der Waals surface area contributed by atoms with Crippen LogP contribution in [0.15, 0.2) is 55.0 Å². The lowest BCUT2D eigenvalue weighted by Gasteiger charge is -2.23. The van der Waals surface area contributed by atoms with Gasteiger partial charge in [-0.1, -0.05) is 23.4 Å². The van der Waals surface area contributed by atoms with Crippen LogP contribution in [0.25, 0.3) is 5.69 Å². The highest BCUT2D eigenvalue weighted by Gasteiger charge is 2.25. The molecule has 6 heteroatoms. The molecule has 4 rings (SSSR count). The monoisotopic (exact) mass is 308 g/mol. The fourth-order valence-electron chi connectivity index (χ4n) is 3.22. The molecule has 6 nitrogen and oxygen atoms in total. The second kappa shape index (κ2) is 6.34. The Kier molecular flexibility index (Phi) is 3.90. The average molecular weight is 308 g/mol. The van der Waals surface area contributed by atoms with Crippen LogP contribution >= 0.6 is 0 Å². The summed E-state index contributed by atoms with van der Waals surface area (Å²) in [6.07, 6.45) is 8.34. The van der Waals surface area contributed by atoms with E-state index in [-0.39, 0.29) is 0 Å². The van der Waals surface area contributed by atoms with Crippen molar-refractivity contribution in [2.45, 2.75) is 32.0 Å². The summed E-state index contributed by atoms with van der Waals surface area (Å²) in [7, 11) is 0. The van der Waals surface area contributed by atoms with Crippen molar-refractivity contribution in [1.29, 1.82) is 0 Å². The summed E-state index contributed by atoms with van der Waals surface area (Å²) >= 11 is 0. The summed E-state index contributed by atoms with van der Waals surface area (Å²) in [5.41, 5.74) is 2.06. The van der Waals surface area contributed by atoms with Gasteiger partial charge in [-0.3, -0.25) is 9.58 Å². The predicted molar refractivity (Wildman–Crippen MR) is 87.0 cm³/mol. The highest BCUT2D eigenvalue weighted by Crippen LogP contribution is 2.21. The summed E-state index contributed by atoms with van der Waals surface area (Å²) in [5, 5.41) is 12.9. The number of likely N-dealkylation sites (tertiary alicyclic amines) is 1. The second-order valence-corrected chi connectivity index (χ2v) is 5.98. The molecule has 0 bridgehead atoms. The molecule has 0 saturated carbocycles. The first-order valence-electron chi connectivity index (χ1n) is 8.06. The number of hydrogen-bond acceptors (Lipinski definition) is 4. The standard InChI is InChI=1S/C17H20N6/c1-2-6-16(7-3-1)23-13-15(19-20-23)12-21-10-4-8-17(21)14-22-11-5-9-18-22/h1-3,5-7,9,11,13,17H,4,8,10,12,14H2/t17-/m0/s1. The molecule has 1 aromatic carbocycles. The van der Waals surface area contributed by atoms with Crippen molar-refractivity contribution in [3.63, 3.8) is 0 Å². The van der Waals surface area contributed by atoms with Gasteiger partial charge in [0.2, 0.25) is 0 Å². The molecule has 0 N–H and O–H groups in total. The minimum absolute atomic E-state index is 0.525.